The topological polar surface area (TPSA) is 89.7 Å². The van der Waals surface area contributed by atoms with Gasteiger partial charge in [0.25, 0.3) is 0 Å². The highest BCUT2D eigenvalue weighted by Crippen LogP contribution is 2.44. The minimum Gasteiger partial charge on any atom is -0.468 e. The molecule has 0 saturated heterocycles. The molecule has 2 atom stereocenters. The average molecular weight is 378 g/mol. The van der Waals surface area contributed by atoms with Crippen molar-refractivity contribution in [1.82, 2.24) is 10.3 Å². The molecule has 1 aromatic heterocycles. The lowest BCUT2D eigenvalue weighted by Gasteiger charge is -2.30. The highest BCUT2D eigenvalue weighted by atomic mass is 16.7. The number of aromatic nitrogens is 1. The van der Waals surface area contributed by atoms with Crippen LogP contribution in [0.25, 0.3) is 10.9 Å². The van der Waals surface area contributed by atoms with Gasteiger partial charge in [-0.3, -0.25) is 14.9 Å². The van der Waals surface area contributed by atoms with Crippen LogP contribution in [0.1, 0.15) is 33.2 Å². The molecule has 2 aliphatic rings. The third-order valence-corrected chi connectivity index (χ3v) is 5.37. The number of aldehydes is 1. The lowest BCUT2D eigenvalue weighted by molar-refractivity contribution is -0.143. The third-order valence-electron chi connectivity index (χ3n) is 5.37. The van der Waals surface area contributed by atoms with Crippen molar-refractivity contribution in [3.05, 3.63) is 58.8 Å². The Kier molecular flexibility index (Phi) is 3.84. The van der Waals surface area contributed by atoms with E-state index in [0.717, 1.165) is 34.0 Å². The lowest BCUT2D eigenvalue weighted by atomic mass is 9.89. The summed E-state index contributed by atoms with van der Waals surface area (Å²) in [6, 6.07) is 10.5. The van der Waals surface area contributed by atoms with Crippen LogP contribution < -0.4 is 14.8 Å². The molecule has 142 valence electrons. The number of nitrogens with one attached hydrogen (secondary N) is 2. The van der Waals surface area contributed by atoms with Crippen molar-refractivity contribution in [1.29, 1.82) is 0 Å². The molecule has 7 heteroatoms. The molecule has 0 radical (unpaired) electrons. The molecule has 5 rings (SSSR count). The van der Waals surface area contributed by atoms with Crippen LogP contribution in [0, 0.1) is 0 Å². The van der Waals surface area contributed by atoms with Crippen LogP contribution in [0.3, 0.4) is 0 Å². The molecule has 2 aromatic carbocycles. The van der Waals surface area contributed by atoms with Crippen LogP contribution in [0.4, 0.5) is 0 Å². The fourth-order valence-electron chi connectivity index (χ4n) is 4.12. The van der Waals surface area contributed by atoms with Crippen molar-refractivity contribution in [3.63, 3.8) is 0 Å². The molecule has 0 fully saturated rings. The van der Waals surface area contributed by atoms with E-state index >= 15 is 0 Å². The predicted octanol–water partition coefficient (Wildman–Crippen LogP) is 2.49. The maximum Gasteiger partial charge on any atom is 0.323 e. The van der Waals surface area contributed by atoms with Gasteiger partial charge in [-0.1, -0.05) is 18.2 Å². The minimum atomic E-state index is -0.514. The summed E-state index contributed by atoms with van der Waals surface area (Å²) in [7, 11) is 1.38. The van der Waals surface area contributed by atoms with E-state index in [2.05, 4.69) is 10.3 Å². The summed E-state index contributed by atoms with van der Waals surface area (Å²) in [6.45, 7) is 0.0946. The number of hydrogen-bond donors (Lipinski definition) is 2. The molecule has 0 amide bonds. The number of benzene rings is 2. The summed E-state index contributed by atoms with van der Waals surface area (Å²) in [4.78, 5) is 27.3. The Morgan fingerprint density at radius 2 is 2.11 bits per heavy atom. The summed E-state index contributed by atoms with van der Waals surface area (Å²) in [5, 5.41) is 4.43. The number of ether oxygens (including phenoxy) is 3. The van der Waals surface area contributed by atoms with Crippen LogP contribution in [0.15, 0.2) is 36.4 Å². The first kappa shape index (κ1) is 16.8. The first-order valence-electron chi connectivity index (χ1n) is 9.01. The maximum atomic E-state index is 12.4. The number of hydrogen-bond acceptors (Lipinski definition) is 6. The third kappa shape index (κ3) is 2.47. The molecule has 0 bridgehead atoms. The van der Waals surface area contributed by atoms with Crippen molar-refractivity contribution in [2.45, 2.75) is 18.5 Å². The van der Waals surface area contributed by atoms with Gasteiger partial charge in [-0.15, -0.1) is 0 Å². The number of para-hydroxylation sites is 1. The molecule has 3 aromatic rings. The SMILES string of the molecule is COC(=O)[C@H]1Cc2c([nH]c3ccccc23)[C@@H](c2cc(C=O)cc3c2OCO3)N1. The van der Waals surface area contributed by atoms with Crippen LogP contribution in [-0.4, -0.2) is 37.2 Å². The minimum absolute atomic E-state index is 0.0946. The second-order valence-corrected chi connectivity index (χ2v) is 6.90. The Labute approximate surface area is 160 Å². The van der Waals surface area contributed by atoms with Gasteiger partial charge >= 0.3 is 5.97 Å². The summed E-state index contributed by atoms with van der Waals surface area (Å²) in [6.07, 6.45) is 1.29. The van der Waals surface area contributed by atoms with Gasteiger partial charge in [-0.25, -0.2) is 0 Å². The number of rotatable bonds is 3. The highest BCUT2D eigenvalue weighted by Gasteiger charge is 2.37. The number of aromatic amines is 1. The van der Waals surface area contributed by atoms with E-state index < -0.39 is 6.04 Å². The smallest absolute Gasteiger partial charge is 0.323 e. The molecule has 2 N–H and O–H groups in total. The van der Waals surface area contributed by atoms with E-state index in [1.165, 1.54) is 7.11 Å². The molecular formula is C21H18N2O5. The van der Waals surface area contributed by atoms with Gasteiger partial charge in [0.15, 0.2) is 11.5 Å². The van der Waals surface area contributed by atoms with E-state index in [0.29, 0.717) is 23.5 Å². The fraction of sp³-hybridized carbons (Fsp3) is 0.238. The second kappa shape index (κ2) is 6.38. The first-order valence-corrected chi connectivity index (χ1v) is 9.01. The lowest BCUT2D eigenvalue weighted by Crippen LogP contribution is -2.45. The van der Waals surface area contributed by atoms with Crippen molar-refractivity contribution in [2.24, 2.45) is 0 Å². The number of fused-ring (bicyclic) bond motifs is 4. The molecule has 0 unspecified atom stereocenters. The van der Waals surface area contributed by atoms with E-state index in [1.807, 2.05) is 24.3 Å². The molecule has 0 spiro atoms. The summed E-state index contributed by atoms with van der Waals surface area (Å²) >= 11 is 0. The van der Waals surface area contributed by atoms with E-state index in [9.17, 15) is 9.59 Å². The monoisotopic (exact) mass is 378 g/mol. The van der Waals surface area contributed by atoms with Gasteiger partial charge in [0, 0.05) is 34.1 Å². The number of carbonyl (C=O) groups is 2. The molecule has 2 aliphatic heterocycles. The van der Waals surface area contributed by atoms with Crippen molar-refractivity contribution >= 4 is 23.2 Å². The molecule has 0 aliphatic carbocycles. The molecule has 0 saturated carbocycles. The van der Waals surface area contributed by atoms with Crippen LogP contribution >= 0.6 is 0 Å². The van der Waals surface area contributed by atoms with Crippen molar-refractivity contribution in [2.75, 3.05) is 13.9 Å². The number of H-pyrrole nitrogens is 1. The Morgan fingerprint density at radius 1 is 1.25 bits per heavy atom. The van der Waals surface area contributed by atoms with Gasteiger partial charge in [-0.2, -0.15) is 0 Å². The first-order chi connectivity index (χ1) is 13.7. The Hall–Kier alpha value is -3.32. The summed E-state index contributed by atoms with van der Waals surface area (Å²) < 4.78 is 16.2. The molecular weight excluding hydrogens is 360 g/mol. The predicted molar refractivity (Wildman–Crippen MR) is 101 cm³/mol. The standard InChI is InChI=1S/C21H18N2O5/c1-26-21(25)16-8-13-12-4-2-3-5-15(12)22-18(13)19(23-16)14-6-11(9-24)7-17-20(14)28-10-27-17/h2-7,9,16,19,22-23H,8,10H2,1H3/t16-,19-/m1/s1. The van der Waals surface area contributed by atoms with Crippen LogP contribution in [-0.2, 0) is 16.0 Å². The Bertz CT molecular complexity index is 1100. The van der Waals surface area contributed by atoms with Crippen LogP contribution in [0.5, 0.6) is 11.5 Å². The molecule has 7 nitrogen and oxygen atoms in total. The molecule has 3 heterocycles. The van der Waals surface area contributed by atoms with Gasteiger partial charge in [-0.05, 0) is 23.8 Å². The maximum absolute atomic E-state index is 12.4. The normalized spacial score (nSPS) is 20.0. The average Bonchev–Trinajstić information content (AvgIpc) is 3.36. The van der Waals surface area contributed by atoms with Crippen molar-refractivity contribution in [3.8, 4) is 11.5 Å². The van der Waals surface area contributed by atoms with Crippen molar-refractivity contribution < 1.29 is 23.8 Å². The van der Waals surface area contributed by atoms with Gasteiger partial charge < -0.3 is 19.2 Å². The Balaban J connectivity index is 1.73. The zero-order valence-corrected chi connectivity index (χ0v) is 15.2. The Morgan fingerprint density at radius 3 is 2.93 bits per heavy atom. The molecule has 28 heavy (non-hydrogen) atoms. The largest absolute Gasteiger partial charge is 0.468 e. The summed E-state index contributed by atoms with van der Waals surface area (Å²) in [5.41, 5.74) is 4.23. The zero-order chi connectivity index (χ0) is 19.3. The number of esters is 1. The van der Waals surface area contributed by atoms with E-state index in [4.69, 9.17) is 14.2 Å². The number of carbonyl (C=O) groups excluding carboxylic acids is 2. The van der Waals surface area contributed by atoms with E-state index in [1.54, 1.807) is 12.1 Å². The summed E-state index contributed by atoms with van der Waals surface area (Å²) in [5.74, 6) is 0.777. The zero-order valence-electron chi connectivity index (χ0n) is 15.2. The van der Waals surface area contributed by atoms with Gasteiger partial charge in [0.1, 0.15) is 12.3 Å². The highest BCUT2D eigenvalue weighted by molar-refractivity contribution is 5.87. The number of methoxy groups -OCH3 is 1. The van der Waals surface area contributed by atoms with Crippen LogP contribution in [0.2, 0.25) is 0 Å². The van der Waals surface area contributed by atoms with Gasteiger partial charge in [0.2, 0.25) is 6.79 Å². The fourth-order valence-corrected chi connectivity index (χ4v) is 4.12. The van der Waals surface area contributed by atoms with Gasteiger partial charge in [0.05, 0.1) is 13.2 Å². The van der Waals surface area contributed by atoms with E-state index in [-0.39, 0.29) is 18.8 Å². The quantitative estimate of drug-likeness (QED) is 0.538. The second-order valence-electron chi connectivity index (χ2n) is 6.90.